The van der Waals surface area contributed by atoms with Gasteiger partial charge in [-0.1, -0.05) is 30.8 Å². The molecule has 0 aliphatic carbocycles. The first kappa shape index (κ1) is 24.4. The molecule has 0 radical (unpaired) electrons. The lowest BCUT2D eigenvalue weighted by Gasteiger charge is -2.18. The van der Waals surface area contributed by atoms with Crippen LogP contribution in [-0.2, 0) is 18.3 Å². The van der Waals surface area contributed by atoms with Crippen molar-refractivity contribution in [1.82, 2.24) is 19.5 Å². The smallest absolute Gasteiger partial charge is 0.250 e. The maximum atomic E-state index is 12.1. The molecule has 8 nitrogen and oxygen atoms in total. The summed E-state index contributed by atoms with van der Waals surface area (Å²) < 4.78 is 8.23. The summed E-state index contributed by atoms with van der Waals surface area (Å²) in [5.41, 5.74) is 8.26. The molecule has 0 bridgehead atoms. The van der Waals surface area contributed by atoms with Crippen LogP contribution >= 0.6 is 0 Å². The molecule has 0 unspecified atom stereocenters. The Morgan fingerprint density at radius 3 is 2.69 bits per heavy atom. The summed E-state index contributed by atoms with van der Waals surface area (Å²) in [7, 11) is 2.02. The highest BCUT2D eigenvalue weighted by Crippen LogP contribution is 2.45. The second-order valence-electron chi connectivity index (χ2n) is 9.73. The summed E-state index contributed by atoms with van der Waals surface area (Å²) in [6.07, 6.45) is 2.39. The second-order valence-corrected chi connectivity index (χ2v) is 9.73. The Morgan fingerprint density at radius 1 is 1.10 bits per heavy atom. The van der Waals surface area contributed by atoms with E-state index in [1.165, 1.54) is 0 Å². The fraction of sp³-hybridized carbons (Fsp3) is 0.161. The van der Waals surface area contributed by atoms with Gasteiger partial charge >= 0.3 is 0 Å². The van der Waals surface area contributed by atoms with Gasteiger partial charge in [-0.15, -0.1) is 0 Å². The summed E-state index contributed by atoms with van der Waals surface area (Å²) in [5, 5.41) is 7.36. The van der Waals surface area contributed by atoms with Gasteiger partial charge in [-0.3, -0.25) is 4.79 Å². The number of carbonyl (C=O) groups is 1. The maximum absolute atomic E-state index is 12.1. The Hall–Kier alpha value is -4.98. The molecule has 3 aromatic heterocycles. The average Bonchev–Trinajstić information content (AvgIpc) is 3.21. The monoisotopic (exact) mass is 516 g/mol. The van der Waals surface area contributed by atoms with Crippen LogP contribution in [0.2, 0.25) is 0 Å². The molecule has 2 aromatic carbocycles. The molecule has 2 N–H and O–H groups in total. The van der Waals surface area contributed by atoms with Gasteiger partial charge in [0.05, 0.1) is 11.1 Å². The minimum Gasteiger partial charge on any atom is -0.439 e. The number of amides is 1. The zero-order valence-corrected chi connectivity index (χ0v) is 22.1. The number of hydrogen-bond donors (Lipinski definition) is 2. The minimum atomic E-state index is -0.200. The third-order valence-electron chi connectivity index (χ3n) is 6.89. The number of benzene rings is 2. The number of aromatic nitrogens is 4. The van der Waals surface area contributed by atoms with Crippen LogP contribution in [0.4, 0.5) is 11.5 Å². The lowest BCUT2D eigenvalue weighted by molar-refractivity contribution is -0.112. The van der Waals surface area contributed by atoms with Crippen LogP contribution in [-0.4, -0.2) is 32.0 Å². The van der Waals surface area contributed by atoms with Crippen molar-refractivity contribution in [3.63, 3.8) is 0 Å². The molecule has 5 aromatic rings. The van der Waals surface area contributed by atoms with E-state index in [0.29, 0.717) is 17.1 Å². The first-order chi connectivity index (χ1) is 18.9. The predicted octanol–water partition coefficient (Wildman–Crippen LogP) is 6.28. The number of hydrogen-bond acceptors (Lipinski definition) is 6. The number of nitrogens with one attached hydrogen (secondary N) is 2. The van der Waals surface area contributed by atoms with E-state index in [1.54, 1.807) is 13.3 Å². The summed E-state index contributed by atoms with van der Waals surface area (Å²) in [6, 6.07) is 19.8. The van der Waals surface area contributed by atoms with Crippen molar-refractivity contribution in [1.29, 1.82) is 0 Å². The Labute approximate surface area is 226 Å². The number of rotatable bonds is 5. The second kappa shape index (κ2) is 9.72. The minimum absolute atomic E-state index is 0.200. The number of pyridine rings is 1. The third kappa shape index (κ3) is 4.50. The van der Waals surface area contributed by atoms with E-state index in [1.807, 2.05) is 62.5 Å². The molecule has 0 atom stereocenters. The number of carbonyl (C=O) groups excluding carboxylic acids is 1. The molecule has 1 aliphatic heterocycles. The van der Waals surface area contributed by atoms with Crippen LogP contribution in [0.15, 0.2) is 79.1 Å². The van der Waals surface area contributed by atoms with Gasteiger partial charge in [0, 0.05) is 42.2 Å². The van der Waals surface area contributed by atoms with Crippen LogP contribution in [0.5, 0.6) is 11.6 Å². The van der Waals surface area contributed by atoms with Crippen LogP contribution in [0.3, 0.4) is 0 Å². The first-order valence-corrected chi connectivity index (χ1v) is 12.8. The van der Waals surface area contributed by atoms with Crippen molar-refractivity contribution in [2.75, 3.05) is 17.2 Å². The van der Waals surface area contributed by atoms with Gasteiger partial charge in [0.25, 0.3) is 5.91 Å². The summed E-state index contributed by atoms with van der Waals surface area (Å²) in [6.45, 7) is 8.08. The lowest BCUT2D eigenvalue weighted by atomic mass is 9.92. The van der Waals surface area contributed by atoms with E-state index < -0.39 is 0 Å². The molecule has 6 rings (SSSR count). The van der Waals surface area contributed by atoms with Crippen molar-refractivity contribution < 1.29 is 9.53 Å². The maximum Gasteiger partial charge on any atom is 0.250 e. The Kier molecular flexibility index (Phi) is 6.07. The molecule has 0 spiro atoms. The van der Waals surface area contributed by atoms with Crippen molar-refractivity contribution in [2.45, 2.75) is 20.3 Å². The summed E-state index contributed by atoms with van der Waals surface area (Å²) in [5.74, 6) is 1.92. The molecule has 4 heterocycles. The standard InChI is InChI=1S/C31H28N6O2/c1-18(2)31(38)36-22-10-8-20(9-11-22)28-26-24-13-12-23(39-25-7-5-6-19(3)35-25)16-21(24)14-15-32-29-27(26)30(37(28)4)34-17-33-29/h5-13,16-17H,1,14-15H2,2-4H3,(H,36,38)(H,32,33,34). The van der Waals surface area contributed by atoms with E-state index in [0.717, 1.165) is 69.2 Å². The third-order valence-corrected chi connectivity index (χ3v) is 6.89. The molecular formula is C31H28N6O2. The molecule has 1 amide bonds. The highest BCUT2D eigenvalue weighted by Gasteiger charge is 2.26. The lowest BCUT2D eigenvalue weighted by Crippen LogP contribution is -2.11. The molecule has 39 heavy (non-hydrogen) atoms. The topological polar surface area (TPSA) is 94.0 Å². The van der Waals surface area contributed by atoms with Gasteiger partial charge in [0.2, 0.25) is 5.88 Å². The largest absolute Gasteiger partial charge is 0.439 e. The van der Waals surface area contributed by atoms with Gasteiger partial charge in [-0.2, -0.15) is 0 Å². The van der Waals surface area contributed by atoms with Gasteiger partial charge in [-0.05, 0) is 67.3 Å². The van der Waals surface area contributed by atoms with Gasteiger partial charge in [0.1, 0.15) is 23.5 Å². The normalized spacial score (nSPS) is 12.2. The quantitative estimate of drug-likeness (QED) is 0.267. The van der Waals surface area contributed by atoms with E-state index in [4.69, 9.17) is 4.74 Å². The van der Waals surface area contributed by atoms with Gasteiger partial charge < -0.3 is 19.9 Å². The average molecular weight is 517 g/mol. The van der Waals surface area contributed by atoms with Crippen LogP contribution in [0, 0.1) is 6.92 Å². The summed E-state index contributed by atoms with van der Waals surface area (Å²) >= 11 is 0. The van der Waals surface area contributed by atoms with Crippen molar-refractivity contribution in [3.8, 4) is 34.0 Å². The van der Waals surface area contributed by atoms with Gasteiger partial charge in [-0.25, -0.2) is 15.0 Å². The van der Waals surface area contributed by atoms with E-state index in [2.05, 4.69) is 48.9 Å². The van der Waals surface area contributed by atoms with Crippen LogP contribution in [0.1, 0.15) is 18.2 Å². The number of anilines is 2. The molecule has 1 aliphatic rings. The highest BCUT2D eigenvalue weighted by atomic mass is 16.5. The Balaban J connectivity index is 1.49. The number of ether oxygens (including phenoxy) is 1. The van der Waals surface area contributed by atoms with Crippen molar-refractivity contribution >= 4 is 28.4 Å². The molecule has 194 valence electrons. The SMILES string of the molecule is C=C(C)C(=O)Nc1ccc(-c2c3c4c(ncnc4n2C)NCCc2cc(Oc4cccc(C)n4)ccc2-3)cc1. The van der Waals surface area contributed by atoms with Crippen LogP contribution < -0.4 is 15.4 Å². The predicted molar refractivity (Wildman–Crippen MR) is 154 cm³/mol. The molecule has 8 heteroatoms. The van der Waals surface area contributed by atoms with Gasteiger partial charge in [0.15, 0.2) is 0 Å². The van der Waals surface area contributed by atoms with Crippen molar-refractivity contribution in [2.24, 2.45) is 7.05 Å². The fourth-order valence-electron chi connectivity index (χ4n) is 5.03. The molecule has 0 saturated carbocycles. The molecule has 0 fully saturated rings. The van der Waals surface area contributed by atoms with E-state index >= 15 is 0 Å². The Morgan fingerprint density at radius 2 is 1.92 bits per heavy atom. The molecule has 0 saturated heterocycles. The fourth-order valence-corrected chi connectivity index (χ4v) is 5.03. The zero-order chi connectivity index (χ0) is 27.1. The molecular weight excluding hydrogens is 488 g/mol. The van der Waals surface area contributed by atoms with Crippen LogP contribution in [0.25, 0.3) is 33.4 Å². The number of fused-ring (bicyclic) bond motifs is 2. The zero-order valence-electron chi connectivity index (χ0n) is 22.1. The number of aryl methyl sites for hydroxylation is 2. The summed E-state index contributed by atoms with van der Waals surface area (Å²) in [4.78, 5) is 25.8. The van der Waals surface area contributed by atoms with E-state index in [9.17, 15) is 4.79 Å². The highest BCUT2D eigenvalue weighted by molar-refractivity contribution is 6.09. The van der Waals surface area contributed by atoms with E-state index in [-0.39, 0.29) is 5.91 Å². The first-order valence-electron chi connectivity index (χ1n) is 12.8. The Bertz CT molecular complexity index is 1750. The number of nitrogens with zero attached hydrogens (tertiary/aromatic N) is 4. The van der Waals surface area contributed by atoms with Crippen molar-refractivity contribution in [3.05, 3.63) is 90.4 Å².